The van der Waals surface area contributed by atoms with E-state index in [-0.39, 0.29) is 10.8 Å². The van der Waals surface area contributed by atoms with E-state index in [1.807, 2.05) is 0 Å². The van der Waals surface area contributed by atoms with Crippen molar-refractivity contribution in [3.05, 3.63) is 35.5 Å². The summed E-state index contributed by atoms with van der Waals surface area (Å²) < 4.78 is 5.81. The molecule has 0 radical (unpaired) electrons. The van der Waals surface area contributed by atoms with Gasteiger partial charge in [-0.3, -0.25) is 4.79 Å². The maximum absolute atomic E-state index is 11.3. The van der Waals surface area contributed by atoms with Crippen molar-refractivity contribution in [2.24, 2.45) is 10.8 Å². The van der Waals surface area contributed by atoms with Crippen LogP contribution in [0.3, 0.4) is 0 Å². The molecule has 2 nitrogen and oxygen atoms in total. The molecule has 0 aromatic rings. The number of rotatable bonds is 1. The lowest BCUT2D eigenvalue weighted by atomic mass is 9.54. The van der Waals surface area contributed by atoms with Crippen LogP contribution in [0.15, 0.2) is 35.5 Å². The number of hydrogen-bond donors (Lipinski definition) is 0. The molecule has 2 bridgehead atoms. The van der Waals surface area contributed by atoms with E-state index in [4.69, 9.17) is 4.74 Å². The van der Waals surface area contributed by atoms with Crippen molar-refractivity contribution >= 4 is 6.29 Å². The van der Waals surface area contributed by atoms with Gasteiger partial charge in [0.2, 0.25) is 0 Å². The van der Waals surface area contributed by atoms with Crippen LogP contribution in [0.4, 0.5) is 0 Å². The van der Waals surface area contributed by atoms with Gasteiger partial charge in [-0.1, -0.05) is 39.0 Å². The van der Waals surface area contributed by atoms with E-state index >= 15 is 0 Å². The van der Waals surface area contributed by atoms with Gasteiger partial charge >= 0.3 is 0 Å². The van der Waals surface area contributed by atoms with Gasteiger partial charge in [0.1, 0.15) is 11.9 Å². The Morgan fingerprint density at radius 1 is 1.35 bits per heavy atom. The number of carbonyl (C=O) groups excluding carboxylic acids is 1. The highest BCUT2D eigenvalue weighted by molar-refractivity contribution is 5.82. The zero-order valence-corrected chi connectivity index (χ0v) is 10.6. The van der Waals surface area contributed by atoms with Crippen LogP contribution < -0.4 is 0 Å². The van der Waals surface area contributed by atoms with Gasteiger partial charge in [0.15, 0.2) is 0 Å². The summed E-state index contributed by atoms with van der Waals surface area (Å²) in [4.78, 5) is 11.3. The van der Waals surface area contributed by atoms with Gasteiger partial charge in [-0.15, -0.1) is 0 Å². The first-order valence-corrected chi connectivity index (χ1v) is 6.16. The predicted molar refractivity (Wildman–Crippen MR) is 66.6 cm³/mol. The normalized spacial score (nSPS) is 38.8. The second-order valence-corrected chi connectivity index (χ2v) is 6.29. The fourth-order valence-electron chi connectivity index (χ4n) is 3.22. The van der Waals surface area contributed by atoms with Gasteiger partial charge in [0, 0.05) is 11.0 Å². The summed E-state index contributed by atoms with van der Waals surface area (Å²) >= 11 is 0. The summed E-state index contributed by atoms with van der Waals surface area (Å²) in [6, 6.07) is 0. The third-order valence-electron chi connectivity index (χ3n) is 4.58. The highest BCUT2D eigenvalue weighted by Crippen LogP contribution is 2.59. The molecule has 17 heavy (non-hydrogen) atoms. The van der Waals surface area contributed by atoms with E-state index in [0.717, 1.165) is 18.3 Å². The van der Waals surface area contributed by atoms with Crippen molar-refractivity contribution in [2.45, 2.75) is 32.8 Å². The Hall–Kier alpha value is -1.15. The van der Waals surface area contributed by atoms with Crippen LogP contribution >= 0.6 is 0 Å². The largest absolute Gasteiger partial charge is 0.358 e. The Labute approximate surface area is 102 Å². The molecular weight excluding hydrogens is 212 g/mol. The molecule has 0 fully saturated rings. The van der Waals surface area contributed by atoms with Gasteiger partial charge in [0.05, 0.1) is 6.61 Å². The van der Waals surface area contributed by atoms with Crippen LogP contribution in [-0.4, -0.2) is 18.5 Å². The number of hydrogen-bond acceptors (Lipinski definition) is 2. The minimum Gasteiger partial charge on any atom is -0.358 e. The monoisotopic (exact) mass is 230 g/mol. The van der Waals surface area contributed by atoms with Gasteiger partial charge in [-0.25, -0.2) is 0 Å². The van der Waals surface area contributed by atoms with Crippen LogP contribution in [0.1, 0.15) is 27.2 Å². The topological polar surface area (TPSA) is 26.3 Å². The van der Waals surface area contributed by atoms with Crippen molar-refractivity contribution in [3.63, 3.8) is 0 Å². The highest BCUT2D eigenvalue weighted by atomic mass is 16.5. The van der Waals surface area contributed by atoms with Crippen LogP contribution in [0.25, 0.3) is 0 Å². The van der Waals surface area contributed by atoms with E-state index in [1.165, 1.54) is 5.57 Å². The molecular formula is C15H18O2. The van der Waals surface area contributed by atoms with Crippen LogP contribution in [0.2, 0.25) is 0 Å². The molecule has 2 unspecified atom stereocenters. The quantitative estimate of drug-likeness (QED) is 0.511. The Morgan fingerprint density at radius 2 is 2.12 bits per heavy atom. The minimum absolute atomic E-state index is 0.0372. The molecule has 2 atom stereocenters. The smallest absolute Gasteiger partial charge is 0.149 e. The Balaban J connectivity index is 2.22. The van der Waals surface area contributed by atoms with Crippen molar-refractivity contribution in [3.8, 4) is 0 Å². The number of carbonyl (C=O) groups is 1. The van der Waals surface area contributed by atoms with Crippen LogP contribution in [0.5, 0.6) is 0 Å². The second-order valence-electron chi connectivity index (χ2n) is 6.29. The van der Waals surface area contributed by atoms with Gasteiger partial charge < -0.3 is 4.74 Å². The van der Waals surface area contributed by atoms with E-state index in [1.54, 1.807) is 0 Å². The van der Waals surface area contributed by atoms with E-state index < -0.39 is 5.60 Å². The third-order valence-corrected chi connectivity index (χ3v) is 4.58. The zero-order valence-electron chi connectivity index (χ0n) is 10.6. The molecule has 1 spiro atoms. The first kappa shape index (κ1) is 11.0. The van der Waals surface area contributed by atoms with E-state index in [9.17, 15) is 4.79 Å². The van der Waals surface area contributed by atoms with E-state index in [2.05, 4.69) is 45.1 Å². The lowest BCUT2D eigenvalue weighted by Gasteiger charge is -2.51. The molecule has 1 heterocycles. The molecule has 90 valence electrons. The fraction of sp³-hybridized carbons (Fsp3) is 0.533. The van der Waals surface area contributed by atoms with E-state index in [0.29, 0.717) is 6.61 Å². The van der Waals surface area contributed by atoms with Crippen molar-refractivity contribution in [1.82, 2.24) is 0 Å². The molecule has 0 saturated carbocycles. The average molecular weight is 230 g/mol. The molecule has 3 aliphatic carbocycles. The van der Waals surface area contributed by atoms with Gasteiger partial charge in [0.25, 0.3) is 0 Å². The Morgan fingerprint density at radius 3 is 2.76 bits per heavy atom. The molecule has 2 heteroatoms. The number of allylic oxidation sites excluding steroid dienone is 2. The second kappa shape index (κ2) is 2.99. The van der Waals surface area contributed by atoms with Crippen LogP contribution in [0, 0.1) is 10.8 Å². The number of aldehydes is 1. The average Bonchev–Trinajstić information content (AvgIpc) is 2.70. The van der Waals surface area contributed by atoms with Crippen LogP contribution in [-0.2, 0) is 9.53 Å². The minimum atomic E-state index is -0.519. The van der Waals surface area contributed by atoms with Crippen molar-refractivity contribution in [2.75, 3.05) is 6.61 Å². The lowest BCUT2D eigenvalue weighted by molar-refractivity contribution is -0.106. The molecule has 4 aliphatic rings. The lowest BCUT2D eigenvalue weighted by Crippen LogP contribution is -2.48. The van der Waals surface area contributed by atoms with Crippen molar-refractivity contribution in [1.29, 1.82) is 0 Å². The van der Waals surface area contributed by atoms with Gasteiger partial charge in [-0.2, -0.15) is 0 Å². The Kier molecular flexibility index (Phi) is 1.93. The summed E-state index contributed by atoms with van der Waals surface area (Å²) in [5.74, 6) is 0. The zero-order chi connectivity index (χ0) is 12.3. The van der Waals surface area contributed by atoms with Gasteiger partial charge in [-0.05, 0) is 23.5 Å². The summed E-state index contributed by atoms with van der Waals surface area (Å²) in [5, 5.41) is 0. The fourth-order valence-corrected chi connectivity index (χ4v) is 3.22. The third kappa shape index (κ3) is 1.17. The molecule has 0 saturated heterocycles. The summed E-state index contributed by atoms with van der Waals surface area (Å²) in [5.41, 5.74) is 1.59. The summed E-state index contributed by atoms with van der Waals surface area (Å²) in [6.07, 6.45) is 10.5. The first-order valence-electron chi connectivity index (χ1n) is 6.16. The molecule has 0 aromatic heterocycles. The maximum atomic E-state index is 11.3. The standard InChI is InChI=1S/C15H18O2/c1-13(2,3)14-5-6-15(12(9-14)10-16)11(8-14)4-7-17-15/h4-6,9-10H,7-8H2,1-3H3. The summed E-state index contributed by atoms with van der Waals surface area (Å²) in [6.45, 7) is 7.30. The van der Waals surface area contributed by atoms with Crippen molar-refractivity contribution < 1.29 is 9.53 Å². The molecule has 0 amide bonds. The molecule has 1 aliphatic heterocycles. The molecule has 0 N–H and O–H groups in total. The number of ether oxygens (including phenoxy) is 1. The molecule has 0 aromatic carbocycles. The molecule has 4 rings (SSSR count). The Bertz CT molecular complexity index is 476. The first-order chi connectivity index (χ1) is 7.94. The maximum Gasteiger partial charge on any atom is 0.149 e. The summed E-state index contributed by atoms with van der Waals surface area (Å²) in [7, 11) is 0. The SMILES string of the molecule is CC(C)(C)C12C=CC3(OCC=C3C1)C(C=O)=C2. The highest BCUT2D eigenvalue weighted by Gasteiger charge is 2.54. The predicted octanol–water partition coefficient (Wildman–Crippen LogP) is 2.81.